The quantitative estimate of drug-likeness (QED) is 0.366. The summed E-state index contributed by atoms with van der Waals surface area (Å²) in [6.07, 6.45) is 9.52. The third-order valence-corrected chi connectivity index (χ3v) is 3.09. The molecule has 1 nitrogen and oxygen atoms in total. The van der Waals surface area contributed by atoms with E-state index in [9.17, 15) is 0 Å². The summed E-state index contributed by atoms with van der Waals surface area (Å²) in [6.45, 7) is 17.6. The number of benzene rings is 1. The summed E-state index contributed by atoms with van der Waals surface area (Å²) >= 11 is 5.93. The van der Waals surface area contributed by atoms with E-state index in [4.69, 9.17) is 16.3 Å². The first-order chi connectivity index (χ1) is 12.1. The fourth-order valence-electron chi connectivity index (χ4n) is 1.80. The maximum atomic E-state index is 5.93. The van der Waals surface area contributed by atoms with Gasteiger partial charge in [-0.2, -0.15) is 0 Å². The van der Waals surface area contributed by atoms with E-state index in [2.05, 4.69) is 6.58 Å². The molecule has 1 aromatic carbocycles. The van der Waals surface area contributed by atoms with Crippen LogP contribution in [0.4, 0.5) is 0 Å². The smallest absolute Gasteiger partial charge is 0.126 e. The number of hydrogen-bond donors (Lipinski definition) is 0. The summed E-state index contributed by atoms with van der Waals surface area (Å²) in [5.74, 6) is 1.65. The molecule has 0 amide bonds. The van der Waals surface area contributed by atoms with Gasteiger partial charge in [0.25, 0.3) is 0 Å². The molecule has 0 aliphatic rings. The van der Waals surface area contributed by atoms with Gasteiger partial charge in [-0.3, -0.25) is 0 Å². The molecule has 0 radical (unpaired) electrons. The second kappa shape index (κ2) is 16.9. The third-order valence-electron chi connectivity index (χ3n) is 2.87. The molecular formula is C23H33ClO. The van der Waals surface area contributed by atoms with E-state index >= 15 is 0 Å². The van der Waals surface area contributed by atoms with Crippen LogP contribution in [0.15, 0.2) is 78.1 Å². The first-order valence-electron chi connectivity index (χ1n) is 8.80. The number of allylic oxidation sites excluding steroid dienone is 8. The zero-order valence-corrected chi connectivity index (χ0v) is 17.5. The van der Waals surface area contributed by atoms with Crippen LogP contribution < -0.4 is 4.74 Å². The van der Waals surface area contributed by atoms with E-state index < -0.39 is 0 Å². The highest BCUT2D eigenvalue weighted by molar-refractivity contribution is 6.29. The minimum absolute atomic E-state index is 0.802. The SMILES string of the molecule is C=C/C=C(C)\C(=C\Cl)c1ccc(O/C(C)=C/C=C\C)cc1.CC.CC. The fraction of sp³-hybridized carbons (Fsp3) is 0.304. The number of rotatable bonds is 6. The Hall–Kier alpha value is -1.99. The second-order valence-electron chi connectivity index (χ2n) is 4.54. The van der Waals surface area contributed by atoms with Crippen LogP contribution in [0.5, 0.6) is 5.75 Å². The standard InChI is InChI=1S/C19H21ClO.2C2H6/c1-5-7-9-16(4)21-18-12-10-17(11-13-18)19(14-20)15(3)8-6-2;2*1-2/h5-14H,2H2,1,3-4H3;2*1-2H3/b7-5-,15-8-,16-9+,19-14-;;. The van der Waals surface area contributed by atoms with Crippen molar-refractivity contribution in [2.45, 2.75) is 48.5 Å². The lowest BCUT2D eigenvalue weighted by molar-refractivity contribution is 0.428. The molecule has 0 unspecified atom stereocenters. The predicted molar refractivity (Wildman–Crippen MR) is 116 cm³/mol. The lowest BCUT2D eigenvalue weighted by atomic mass is 10.0. The van der Waals surface area contributed by atoms with Gasteiger partial charge in [-0.1, -0.05) is 82.3 Å². The van der Waals surface area contributed by atoms with Crippen molar-refractivity contribution in [3.05, 3.63) is 83.7 Å². The Bertz CT molecular complexity index is 587. The van der Waals surface area contributed by atoms with Crippen molar-refractivity contribution in [1.29, 1.82) is 0 Å². The van der Waals surface area contributed by atoms with Gasteiger partial charge in [-0.25, -0.2) is 0 Å². The summed E-state index contributed by atoms with van der Waals surface area (Å²) < 4.78 is 5.72. The first-order valence-corrected chi connectivity index (χ1v) is 9.24. The van der Waals surface area contributed by atoms with E-state index in [0.29, 0.717) is 0 Å². The molecule has 0 bridgehead atoms. The Kier molecular flexibility index (Phi) is 17.0. The topological polar surface area (TPSA) is 9.23 Å². The van der Waals surface area contributed by atoms with Crippen molar-refractivity contribution in [3.63, 3.8) is 0 Å². The molecule has 1 rings (SSSR count). The number of halogens is 1. The first kappa shape index (κ1) is 25.3. The normalized spacial score (nSPS) is 11.9. The largest absolute Gasteiger partial charge is 0.462 e. The van der Waals surface area contributed by atoms with E-state index in [1.807, 2.05) is 97.0 Å². The van der Waals surface area contributed by atoms with Crippen molar-refractivity contribution in [1.82, 2.24) is 0 Å². The molecule has 0 atom stereocenters. The van der Waals surface area contributed by atoms with E-state index in [-0.39, 0.29) is 0 Å². The zero-order chi connectivity index (χ0) is 19.7. The molecule has 0 spiro atoms. The van der Waals surface area contributed by atoms with Gasteiger partial charge < -0.3 is 4.74 Å². The second-order valence-corrected chi connectivity index (χ2v) is 4.76. The lowest BCUT2D eigenvalue weighted by Crippen LogP contribution is -1.91. The average Bonchev–Trinajstić information content (AvgIpc) is 2.65. The summed E-state index contributed by atoms with van der Waals surface area (Å²) in [7, 11) is 0. The monoisotopic (exact) mass is 360 g/mol. The van der Waals surface area contributed by atoms with Crippen LogP contribution in [0, 0.1) is 0 Å². The predicted octanol–water partition coefficient (Wildman–Crippen LogP) is 8.31. The molecule has 0 N–H and O–H groups in total. The molecule has 0 aliphatic carbocycles. The van der Waals surface area contributed by atoms with Crippen LogP contribution in [0.1, 0.15) is 54.0 Å². The van der Waals surface area contributed by atoms with E-state index in [1.54, 1.807) is 11.6 Å². The van der Waals surface area contributed by atoms with Crippen LogP contribution in [0.3, 0.4) is 0 Å². The van der Waals surface area contributed by atoms with Gasteiger partial charge >= 0.3 is 0 Å². The van der Waals surface area contributed by atoms with Crippen molar-refractivity contribution >= 4 is 17.2 Å². The lowest BCUT2D eigenvalue weighted by Gasteiger charge is -2.09. The summed E-state index contributed by atoms with van der Waals surface area (Å²) in [5.41, 5.74) is 4.67. The Labute approximate surface area is 160 Å². The van der Waals surface area contributed by atoms with Crippen LogP contribution >= 0.6 is 11.6 Å². The Morgan fingerprint density at radius 3 is 2.00 bits per heavy atom. The summed E-state index contributed by atoms with van der Waals surface area (Å²) in [6, 6.07) is 7.85. The highest BCUT2D eigenvalue weighted by Gasteiger charge is 2.04. The van der Waals surface area contributed by atoms with Gasteiger partial charge in [0, 0.05) is 5.54 Å². The van der Waals surface area contributed by atoms with Crippen molar-refractivity contribution in [2.75, 3.05) is 0 Å². The van der Waals surface area contributed by atoms with E-state index in [1.165, 1.54) is 0 Å². The molecule has 25 heavy (non-hydrogen) atoms. The Morgan fingerprint density at radius 1 is 1.00 bits per heavy atom. The van der Waals surface area contributed by atoms with Gasteiger partial charge in [0.15, 0.2) is 0 Å². The van der Waals surface area contributed by atoms with Crippen molar-refractivity contribution in [3.8, 4) is 5.75 Å². The third kappa shape index (κ3) is 10.5. The minimum atomic E-state index is 0.802. The Balaban J connectivity index is 0. The molecular weight excluding hydrogens is 328 g/mol. The van der Waals surface area contributed by atoms with Crippen LogP contribution in [0.25, 0.3) is 5.57 Å². The highest BCUT2D eigenvalue weighted by Crippen LogP contribution is 2.26. The van der Waals surface area contributed by atoms with Gasteiger partial charge in [-0.05, 0) is 55.7 Å². The number of ether oxygens (including phenoxy) is 1. The number of hydrogen-bond acceptors (Lipinski definition) is 1. The molecule has 0 saturated heterocycles. The Morgan fingerprint density at radius 2 is 1.56 bits per heavy atom. The van der Waals surface area contributed by atoms with E-state index in [0.717, 1.165) is 28.2 Å². The average molecular weight is 361 g/mol. The maximum absolute atomic E-state index is 5.93. The fourth-order valence-corrected chi connectivity index (χ4v) is 2.10. The molecule has 0 heterocycles. The molecule has 0 aromatic heterocycles. The van der Waals surface area contributed by atoms with Gasteiger partial charge in [0.2, 0.25) is 0 Å². The van der Waals surface area contributed by atoms with Crippen LogP contribution in [-0.2, 0) is 0 Å². The minimum Gasteiger partial charge on any atom is -0.462 e. The van der Waals surface area contributed by atoms with Gasteiger partial charge in [0.05, 0.1) is 0 Å². The zero-order valence-electron chi connectivity index (χ0n) is 16.8. The molecule has 1 aromatic rings. The van der Waals surface area contributed by atoms with Crippen molar-refractivity contribution in [2.24, 2.45) is 0 Å². The van der Waals surface area contributed by atoms with Crippen LogP contribution in [0.2, 0.25) is 0 Å². The molecule has 138 valence electrons. The highest BCUT2D eigenvalue weighted by atomic mass is 35.5. The van der Waals surface area contributed by atoms with Gasteiger partial charge in [0.1, 0.15) is 11.5 Å². The molecule has 0 saturated carbocycles. The molecule has 2 heteroatoms. The molecule has 0 aliphatic heterocycles. The summed E-state index contributed by atoms with van der Waals surface area (Å²) in [4.78, 5) is 0. The molecule has 0 fully saturated rings. The maximum Gasteiger partial charge on any atom is 0.126 e. The van der Waals surface area contributed by atoms with Crippen molar-refractivity contribution < 1.29 is 4.74 Å². The summed E-state index contributed by atoms with van der Waals surface area (Å²) in [5, 5.41) is 0. The van der Waals surface area contributed by atoms with Gasteiger partial charge in [-0.15, -0.1) is 0 Å². The van der Waals surface area contributed by atoms with Crippen LogP contribution in [-0.4, -0.2) is 0 Å².